The molecule has 0 saturated carbocycles. The third-order valence-electron chi connectivity index (χ3n) is 6.62. The number of aryl methyl sites for hydroxylation is 1. The van der Waals surface area contributed by atoms with Crippen molar-refractivity contribution in [3.63, 3.8) is 0 Å². The van der Waals surface area contributed by atoms with Crippen LogP contribution in [0.1, 0.15) is 64.9 Å². The van der Waals surface area contributed by atoms with Gasteiger partial charge >= 0.3 is 0 Å². The van der Waals surface area contributed by atoms with E-state index in [1.165, 1.54) is 16.7 Å². The largest absolute Gasteiger partial charge is 0.489 e. The minimum Gasteiger partial charge on any atom is -0.489 e. The Hall–Kier alpha value is -3.22. The summed E-state index contributed by atoms with van der Waals surface area (Å²) in [5.74, 6) is 0.930. The first-order valence-electron chi connectivity index (χ1n) is 12.7. The van der Waals surface area contributed by atoms with Crippen molar-refractivity contribution in [1.82, 2.24) is 0 Å². The first kappa shape index (κ1) is 25.9. The van der Waals surface area contributed by atoms with Gasteiger partial charge in [0.25, 0.3) is 0 Å². The summed E-state index contributed by atoms with van der Waals surface area (Å²) in [4.78, 5) is 11.9. The molecule has 0 aromatic heterocycles. The molecule has 4 aromatic carbocycles. The summed E-state index contributed by atoms with van der Waals surface area (Å²) in [5.41, 5.74) is 6.85. The summed E-state index contributed by atoms with van der Waals surface area (Å²) in [5, 5.41) is 0.967. The van der Waals surface area contributed by atoms with Gasteiger partial charge in [-0.25, -0.2) is 0 Å². The highest BCUT2D eigenvalue weighted by atomic mass is 31.1. The first-order chi connectivity index (χ1) is 17.5. The standard InChI is InChI=1S/C33H35O2P/c1-4-19-33(3,36-32-18-15-25(2)20-29(32)23-34)30-22-28(21-26-11-7-5-8-12-26)16-17-31(30)35-24-27-13-9-6-10-14-27/h5-18,20,22-23,36H,4,19,21,24H2,1-3H3. The maximum atomic E-state index is 11.9. The number of benzene rings is 4. The molecule has 2 atom stereocenters. The van der Waals surface area contributed by atoms with Gasteiger partial charge in [-0.2, -0.15) is 0 Å². The summed E-state index contributed by atoms with van der Waals surface area (Å²) in [6.45, 7) is 7.13. The van der Waals surface area contributed by atoms with Gasteiger partial charge < -0.3 is 4.74 Å². The molecule has 0 amide bonds. The van der Waals surface area contributed by atoms with Crippen molar-refractivity contribution >= 4 is 20.2 Å². The molecule has 3 heteroatoms. The van der Waals surface area contributed by atoms with Crippen molar-refractivity contribution in [1.29, 1.82) is 0 Å². The second-order valence-electron chi connectivity index (χ2n) is 9.68. The lowest BCUT2D eigenvalue weighted by atomic mass is 9.91. The molecule has 0 saturated heterocycles. The Morgan fingerprint density at radius 3 is 2.19 bits per heavy atom. The molecule has 0 spiro atoms. The van der Waals surface area contributed by atoms with E-state index in [2.05, 4.69) is 86.6 Å². The highest BCUT2D eigenvalue weighted by Gasteiger charge is 2.31. The Labute approximate surface area is 217 Å². The molecule has 0 aliphatic heterocycles. The van der Waals surface area contributed by atoms with Crippen LogP contribution in [0.25, 0.3) is 0 Å². The number of aldehydes is 1. The molecule has 0 radical (unpaired) electrons. The van der Waals surface area contributed by atoms with Gasteiger partial charge in [0.15, 0.2) is 6.29 Å². The lowest BCUT2D eigenvalue weighted by molar-refractivity contribution is 0.112. The fourth-order valence-electron chi connectivity index (χ4n) is 4.77. The quantitative estimate of drug-likeness (QED) is 0.156. The van der Waals surface area contributed by atoms with Crippen LogP contribution in [0.3, 0.4) is 0 Å². The van der Waals surface area contributed by atoms with Crippen molar-refractivity contribution < 1.29 is 9.53 Å². The average Bonchev–Trinajstić information content (AvgIpc) is 2.90. The maximum absolute atomic E-state index is 11.9. The molecule has 2 unspecified atom stereocenters. The van der Waals surface area contributed by atoms with Gasteiger partial charge in [0.05, 0.1) is 0 Å². The van der Waals surface area contributed by atoms with Crippen LogP contribution in [0.4, 0.5) is 0 Å². The Balaban J connectivity index is 1.74. The lowest BCUT2D eigenvalue weighted by Gasteiger charge is -2.33. The second-order valence-corrected chi connectivity index (χ2v) is 11.6. The van der Waals surface area contributed by atoms with Crippen molar-refractivity contribution in [2.24, 2.45) is 0 Å². The van der Waals surface area contributed by atoms with E-state index < -0.39 is 0 Å². The Morgan fingerprint density at radius 2 is 1.53 bits per heavy atom. The highest BCUT2D eigenvalue weighted by molar-refractivity contribution is 7.48. The predicted molar refractivity (Wildman–Crippen MR) is 153 cm³/mol. The van der Waals surface area contributed by atoms with E-state index in [0.29, 0.717) is 15.2 Å². The SMILES string of the molecule is CCCC(C)(Pc1ccc(C)cc1C=O)c1cc(Cc2ccccc2)ccc1OCc1ccccc1. The summed E-state index contributed by atoms with van der Waals surface area (Å²) < 4.78 is 6.47. The molecule has 4 aromatic rings. The van der Waals surface area contributed by atoms with Crippen molar-refractivity contribution in [2.75, 3.05) is 0 Å². The summed E-state index contributed by atoms with van der Waals surface area (Å²) in [6.07, 6.45) is 3.93. The summed E-state index contributed by atoms with van der Waals surface area (Å²) in [6, 6.07) is 33.8. The molecule has 0 heterocycles. The van der Waals surface area contributed by atoms with Gasteiger partial charge in [-0.3, -0.25) is 4.79 Å². The van der Waals surface area contributed by atoms with Gasteiger partial charge in [-0.1, -0.05) is 119 Å². The third-order valence-corrected chi connectivity index (χ3v) is 8.42. The van der Waals surface area contributed by atoms with Crippen LogP contribution in [0.5, 0.6) is 5.75 Å². The summed E-state index contributed by atoms with van der Waals surface area (Å²) in [7, 11) is 0.455. The zero-order valence-electron chi connectivity index (χ0n) is 21.5. The number of carbonyl (C=O) groups is 1. The van der Waals surface area contributed by atoms with E-state index in [-0.39, 0.29) is 5.16 Å². The number of hydrogen-bond acceptors (Lipinski definition) is 2. The number of ether oxygens (including phenoxy) is 1. The fourth-order valence-corrected chi connectivity index (χ4v) is 6.51. The molecule has 0 fully saturated rings. The Kier molecular flexibility index (Phi) is 8.73. The van der Waals surface area contributed by atoms with E-state index in [4.69, 9.17) is 4.74 Å². The molecule has 0 aliphatic rings. The highest BCUT2D eigenvalue weighted by Crippen LogP contribution is 2.49. The molecular weight excluding hydrogens is 459 g/mol. The second kappa shape index (κ2) is 12.2. The predicted octanol–water partition coefficient (Wildman–Crippen LogP) is 8.00. The molecule has 2 nitrogen and oxygen atoms in total. The van der Waals surface area contributed by atoms with Crippen molar-refractivity contribution in [2.45, 2.75) is 51.8 Å². The van der Waals surface area contributed by atoms with E-state index in [1.54, 1.807) is 0 Å². The van der Waals surface area contributed by atoms with Crippen LogP contribution in [0.2, 0.25) is 0 Å². The van der Waals surface area contributed by atoms with Crippen LogP contribution in [-0.2, 0) is 18.2 Å². The molecule has 0 N–H and O–H groups in total. The van der Waals surface area contributed by atoms with Gasteiger partial charge in [0.1, 0.15) is 12.4 Å². The van der Waals surface area contributed by atoms with Crippen LogP contribution in [0, 0.1) is 6.92 Å². The van der Waals surface area contributed by atoms with Gasteiger partial charge in [-0.15, -0.1) is 0 Å². The van der Waals surface area contributed by atoms with Gasteiger partial charge in [-0.05, 0) is 53.9 Å². The summed E-state index contributed by atoms with van der Waals surface area (Å²) >= 11 is 0. The smallest absolute Gasteiger partial charge is 0.150 e. The van der Waals surface area contributed by atoms with Crippen molar-refractivity contribution in [3.05, 3.63) is 130 Å². The van der Waals surface area contributed by atoms with Gasteiger partial charge in [0, 0.05) is 16.3 Å². The maximum Gasteiger partial charge on any atom is 0.150 e. The lowest BCUT2D eigenvalue weighted by Crippen LogP contribution is -2.22. The van der Waals surface area contributed by atoms with Crippen LogP contribution in [0.15, 0.2) is 97.1 Å². The molecular formula is C33H35O2P. The molecule has 0 bridgehead atoms. The normalized spacial score (nSPS) is 13.0. The van der Waals surface area contributed by atoms with E-state index >= 15 is 0 Å². The van der Waals surface area contributed by atoms with Crippen molar-refractivity contribution in [3.8, 4) is 5.75 Å². The number of rotatable bonds is 11. The molecule has 184 valence electrons. The average molecular weight is 495 g/mol. The fraction of sp³-hybridized carbons (Fsp3) is 0.242. The minimum absolute atomic E-state index is 0.152. The first-order valence-corrected chi connectivity index (χ1v) is 13.7. The van der Waals surface area contributed by atoms with Crippen LogP contribution >= 0.6 is 8.58 Å². The molecule has 0 aliphatic carbocycles. The number of hydrogen-bond donors (Lipinski definition) is 0. The topological polar surface area (TPSA) is 26.3 Å². The van der Waals surface area contributed by atoms with Gasteiger partial charge in [0.2, 0.25) is 0 Å². The Morgan fingerprint density at radius 1 is 0.833 bits per heavy atom. The third kappa shape index (κ3) is 6.50. The Bertz CT molecular complexity index is 1280. The van der Waals surface area contributed by atoms with E-state index in [9.17, 15) is 4.79 Å². The molecule has 4 rings (SSSR count). The van der Waals surface area contributed by atoms with E-state index in [1.807, 2.05) is 31.2 Å². The van der Waals surface area contributed by atoms with Crippen LogP contribution < -0.4 is 10.0 Å². The zero-order valence-corrected chi connectivity index (χ0v) is 22.5. The zero-order chi connectivity index (χ0) is 25.4. The monoisotopic (exact) mass is 494 g/mol. The van der Waals surface area contributed by atoms with Crippen LogP contribution in [-0.4, -0.2) is 6.29 Å². The number of carbonyl (C=O) groups excluding carboxylic acids is 1. The van der Waals surface area contributed by atoms with E-state index in [0.717, 1.165) is 53.3 Å². The molecule has 36 heavy (non-hydrogen) atoms. The minimum atomic E-state index is -0.152.